The fraction of sp³-hybridized carbons (Fsp3) is 0.200. The molecule has 1 N–H and O–H groups in total. The first-order valence-corrected chi connectivity index (χ1v) is 9.27. The maximum atomic E-state index is 14.2. The minimum absolute atomic E-state index is 0.0634. The summed E-state index contributed by atoms with van der Waals surface area (Å²) in [5, 5.41) is 13.0. The molecule has 3 rings (SSSR count). The highest BCUT2D eigenvalue weighted by Crippen LogP contribution is 2.26. The number of rotatable bonds is 8. The number of benzene rings is 2. The number of halogens is 2. The average Bonchev–Trinajstić information content (AvgIpc) is 3.06. The summed E-state index contributed by atoms with van der Waals surface area (Å²) in [6.07, 6.45) is 2.09. The van der Waals surface area contributed by atoms with Gasteiger partial charge in [-0.3, -0.25) is 4.79 Å². The summed E-state index contributed by atoms with van der Waals surface area (Å²) in [6, 6.07) is 11.7. The molecular formula is C20H18BrFN2O4. The summed E-state index contributed by atoms with van der Waals surface area (Å²) >= 11 is 3.45. The van der Waals surface area contributed by atoms with E-state index in [-0.39, 0.29) is 18.7 Å². The number of carboxylic acids is 1. The fourth-order valence-corrected chi connectivity index (χ4v) is 3.12. The van der Waals surface area contributed by atoms with Crippen LogP contribution in [0.4, 0.5) is 4.39 Å². The van der Waals surface area contributed by atoms with E-state index >= 15 is 0 Å². The van der Waals surface area contributed by atoms with Crippen molar-refractivity contribution in [2.45, 2.75) is 19.4 Å². The third-order valence-electron chi connectivity index (χ3n) is 4.08. The van der Waals surface area contributed by atoms with Gasteiger partial charge in [-0.05, 0) is 52.2 Å². The lowest BCUT2D eigenvalue weighted by Gasteiger charge is -2.09. The topological polar surface area (TPSA) is 73.6 Å². The molecule has 6 nitrogen and oxygen atoms in total. The van der Waals surface area contributed by atoms with Crippen molar-refractivity contribution in [3.63, 3.8) is 0 Å². The Balaban J connectivity index is 1.73. The van der Waals surface area contributed by atoms with Crippen LogP contribution in [-0.4, -0.2) is 28.0 Å². The number of hydrogen-bond donors (Lipinski definition) is 1. The van der Waals surface area contributed by atoms with E-state index < -0.39 is 11.8 Å². The molecule has 0 aliphatic heterocycles. The van der Waals surface area contributed by atoms with Gasteiger partial charge in [0.25, 0.3) is 0 Å². The molecule has 0 aliphatic rings. The van der Waals surface area contributed by atoms with Gasteiger partial charge in [-0.25, -0.2) is 9.07 Å². The van der Waals surface area contributed by atoms with Gasteiger partial charge in [0.05, 0.1) is 13.3 Å². The molecule has 0 bridgehead atoms. The molecule has 0 atom stereocenters. The molecule has 28 heavy (non-hydrogen) atoms. The molecule has 0 fully saturated rings. The van der Waals surface area contributed by atoms with Gasteiger partial charge in [0.15, 0.2) is 0 Å². The van der Waals surface area contributed by atoms with E-state index in [1.165, 1.54) is 23.9 Å². The Morgan fingerprint density at radius 2 is 2.07 bits per heavy atom. The predicted molar refractivity (Wildman–Crippen MR) is 105 cm³/mol. The van der Waals surface area contributed by atoms with Crippen LogP contribution in [0.5, 0.6) is 11.5 Å². The van der Waals surface area contributed by atoms with Crippen LogP contribution >= 0.6 is 15.9 Å². The Morgan fingerprint density at radius 1 is 1.25 bits per heavy atom. The molecule has 2 aromatic carbocycles. The summed E-state index contributed by atoms with van der Waals surface area (Å²) in [7, 11) is 1.51. The monoisotopic (exact) mass is 448 g/mol. The van der Waals surface area contributed by atoms with E-state index in [1.54, 1.807) is 18.3 Å². The highest BCUT2D eigenvalue weighted by Gasteiger charge is 2.14. The number of nitrogens with zero attached hydrogens (tertiary/aromatic N) is 2. The normalized spacial score (nSPS) is 10.7. The number of aryl methyl sites for hydroxylation is 1. The Labute approximate surface area is 169 Å². The second-order valence-corrected chi connectivity index (χ2v) is 6.77. The van der Waals surface area contributed by atoms with E-state index in [2.05, 4.69) is 21.0 Å². The van der Waals surface area contributed by atoms with Gasteiger partial charge in [0, 0.05) is 18.1 Å². The van der Waals surface area contributed by atoms with Crippen LogP contribution < -0.4 is 9.47 Å². The second-order valence-electron chi connectivity index (χ2n) is 6.02. The summed E-state index contributed by atoms with van der Waals surface area (Å²) in [4.78, 5) is 10.7. The molecule has 1 heterocycles. The van der Waals surface area contributed by atoms with Crippen LogP contribution in [0.15, 0.2) is 53.3 Å². The van der Waals surface area contributed by atoms with E-state index in [9.17, 15) is 9.18 Å². The van der Waals surface area contributed by atoms with Crippen LogP contribution in [0, 0.1) is 5.82 Å². The van der Waals surface area contributed by atoms with Crippen molar-refractivity contribution in [1.82, 2.24) is 9.78 Å². The molecule has 0 spiro atoms. The third-order valence-corrected chi connectivity index (χ3v) is 4.93. The molecular weight excluding hydrogens is 431 g/mol. The van der Waals surface area contributed by atoms with Gasteiger partial charge >= 0.3 is 5.97 Å². The molecule has 146 valence electrons. The average molecular weight is 449 g/mol. The van der Waals surface area contributed by atoms with E-state index in [0.717, 1.165) is 11.1 Å². The van der Waals surface area contributed by atoms with Gasteiger partial charge in [0.1, 0.15) is 34.2 Å². The lowest BCUT2D eigenvalue weighted by Crippen LogP contribution is -2.02. The molecule has 0 amide bonds. The molecule has 3 aromatic rings. The number of aromatic nitrogens is 2. The first kappa shape index (κ1) is 19.9. The third kappa shape index (κ3) is 4.69. The first-order chi connectivity index (χ1) is 13.5. The quantitative estimate of drug-likeness (QED) is 0.553. The fourth-order valence-electron chi connectivity index (χ4n) is 2.62. The Hall–Kier alpha value is -2.87. The number of aliphatic carboxylic acids is 1. The summed E-state index contributed by atoms with van der Waals surface area (Å²) in [6.45, 7) is 0.217. The molecule has 0 aliphatic carbocycles. The van der Waals surface area contributed by atoms with E-state index in [1.807, 2.05) is 18.2 Å². The molecule has 0 saturated heterocycles. The lowest BCUT2D eigenvalue weighted by molar-refractivity contribution is -0.136. The maximum absolute atomic E-state index is 14.2. The molecule has 0 unspecified atom stereocenters. The van der Waals surface area contributed by atoms with Crippen LogP contribution in [0.1, 0.15) is 17.5 Å². The van der Waals surface area contributed by atoms with Crippen molar-refractivity contribution in [2.24, 2.45) is 0 Å². The SMILES string of the molecule is COc1ccc(F)c(-n2ncc(COc3cccc(CCC(=O)O)c3)c2Br)c1. The zero-order valence-electron chi connectivity index (χ0n) is 15.1. The van der Waals surface area contributed by atoms with Gasteiger partial charge in [-0.1, -0.05) is 12.1 Å². The summed E-state index contributed by atoms with van der Waals surface area (Å²) in [5.41, 5.74) is 1.87. The van der Waals surface area contributed by atoms with Gasteiger partial charge < -0.3 is 14.6 Å². The van der Waals surface area contributed by atoms with Gasteiger partial charge in [-0.15, -0.1) is 0 Å². The molecule has 8 heteroatoms. The smallest absolute Gasteiger partial charge is 0.303 e. The standard InChI is InChI=1S/C20H18BrFN2O4/c1-27-15-6-7-17(22)18(10-15)24-20(21)14(11-23-24)12-28-16-4-2-3-13(9-16)5-8-19(25)26/h2-4,6-7,9-11H,5,8,12H2,1H3,(H,25,26). The minimum atomic E-state index is -0.840. The predicted octanol–water partition coefficient (Wildman–Crippen LogP) is 4.38. The van der Waals surface area contributed by atoms with E-state index in [4.69, 9.17) is 14.6 Å². The highest BCUT2D eigenvalue weighted by atomic mass is 79.9. The van der Waals surface area contributed by atoms with Crippen molar-refractivity contribution in [1.29, 1.82) is 0 Å². The Bertz CT molecular complexity index is 990. The number of hydrogen-bond acceptors (Lipinski definition) is 4. The maximum Gasteiger partial charge on any atom is 0.303 e. The largest absolute Gasteiger partial charge is 0.497 e. The Kier molecular flexibility index (Phi) is 6.30. The Morgan fingerprint density at radius 3 is 2.82 bits per heavy atom. The van der Waals surface area contributed by atoms with Gasteiger partial charge in [-0.2, -0.15) is 5.10 Å². The van der Waals surface area contributed by atoms with Crippen LogP contribution in [0.25, 0.3) is 5.69 Å². The summed E-state index contributed by atoms with van der Waals surface area (Å²) in [5.74, 6) is -0.125. The van der Waals surface area contributed by atoms with Crippen molar-refractivity contribution < 1.29 is 23.8 Å². The zero-order chi connectivity index (χ0) is 20.1. The van der Waals surface area contributed by atoms with E-state index in [0.29, 0.717) is 22.5 Å². The molecule has 0 saturated carbocycles. The highest BCUT2D eigenvalue weighted by molar-refractivity contribution is 9.10. The van der Waals surface area contributed by atoms with Crippen LogP contribution in [-0.2, 0) is 17.8 Å². The van der Waals surface area contributed by atoms with Crippen LogP contribution in [0.2, 0.25) is 0 Å². The van der Waals surface area contributed by atoms with Crippen molar-refractivity contribution in [2.75, 3.05) is 7.11 Å². The molecule has 0 radical (unpaired) electrons. The zero-order valence-corrected chi connectivity index (χ0v) is 16.6. The number of carboxylic acid groups (broad SMARTS) is 1. The van der Waals surface area contributed by atoms with Crippen molar-refractivity contribution in [3.8, 4) is 17.2 Å². The summed E-state index contributed by atoms with van der Waals surface area (Å²) < 4.78 is 27.1. The van der Waals surface area contributed by atoms with Crippen molar-refractivity contribution >= 4 is 21.9 Å². The number of methoxy groups -OCH3 is 1. The number of ether oxygens (including phenoxy) is 2. The minimum Gasteiger partial charge on any atom is -0.497 e. The number of carbonyl (C=O) groups is 1. The lowest BCUT2D eigenvalue weighted by atomic mass is 10.1. The van der Waals surface area contributed by atoms with Gasteiger partial charge in [0.2, 0.25) is 0 Å². The van der Waals surface area contributed by atoms with Crippen LogP contribution in [0.3, 0.4) is 0 Å². The molecule has 1 aromatic heterocycles. The first-order valence-electron chi connectivity index (χ1n) is 8.48. The van der Waals surface area contributed by atoms with Crippen molar-refractivity contribution in [3.05, 3.63) is 70.2 Å². The second kappa shape index (κ2) is 8.88.